The third-order valence-corrected chi connectivity index (χ3v) is 7.92. The number of allylic oxidation sites excluding steroid dienone is 3. The number of Topliss-reactive ketones (excluding diaryl/α,β-unsaturated/α-hetero) is 1. The van der Waals surface area contributed by atoms with Crippen molar-refractivity contribution in [3.05, 3.63) is 116 Å². The average molecular weight is 569 g/mol. The second-order valence-corrected chi connectivity index (χ2v) is 11.0. The van der Waals surface area contributed by atoms with Gasteiger partial charge in [0.25, 0.3) is 0 Å². The third-order valence-electron chi connectivity index (χ3n) is 7.39. The fourth-order valence-corrected chi connectivity index (χ4v) is 5.83. The zero-order valence-electron chi connectivity index (χ0n) is 21.8. The van der Waals surface area contributed by atoms with Gasteiger partial charge in [0.15, 0.2) is 5.78 Å². The van der Waals surface area contributed by atoms with Crippen molar-refractivity contribution < 1.29 is 9.53 Å². The largest absolute Gasteiger partial charge is 0.489 e. The average Bonchev–Trinajstić information content (AvgIpc) is 2.89. The van der Waals surface area contributed by atoms with E-state index in [4.69, 9.17) is 10.5 Å². The van der Waals surface area contributed by atoms with Crippen LogP contribution in [0.25, 0.3) is 0 Å². The second-order valence-electron chi connectivity index (χ2n) is 10.0. The molecule has 3 aromatic carbocycles. The van der Waals surface area contributed by atoms with Gasteiger partial charge < -0.3 is 10.5 Å². The van der Waals surface area contributed by atoms with Crippen LogP contribution in [0.4, 0.5) is 5.69 Å². The van der Waals surface area contributed by atoms with Gasteiger partial charge in [-0.25, -0.2) is 0 Å². The minimum atomic E-state index is -0.504. The van der Waals surface area contributed by atoms with E-state index in [9.17, 15) is 10.1 Å². The Morgan fingerprint density at radius 2 is 1.82 bits per heavy atom. The zero-order valence-corrected chi connectivity index (χ0v) is 23.4. The molecule has 1 aliphatic heterocycles. The number of carbonyl (C=O) groups excluding carboxylic acids is 1. The van der Waals surface area contributed by atoms with Crippen LogP contribution in [0.2, 0.25) is 0 Å². The molecule has 3 aromatic rings. The summed E-state index contributed by atoms with van der Waals surface area (Å²) in [5.74, 6) is 0.749. The summed E-state index contributed by atoms with van der Waals surface area (Å²) < 4.78 is 7.09. The van der Waals surface area contributed by atoms with Crippen molar-refractivity contribution in [2.45, 2.75) is 52.6 Å². The zero-order chi connectivity index (χ0) is 27.0. The Morgan fingerprint density at radius 1 is 1.05 bits per heavy atom. The normalized spacial score (nSPS) is 17.4. The highest BCUT2D eigenvalue weighted by Crippen LogP contribution is 2.47. The molecule has 192 valence electrons. The maximum Gasteiger partial charge on any atom is 0.161 e. The van der Waals surface area contributed by atoms with E-state index in [1.54, 1.807) is 0 Å². The van der Waals surface area contributed by atoms with Gasteiger partial charge in [-0.05, 0) is 92.3 Å². The SMILES string of the molecule is Cc1cccc(N2C(N)=C(C#N)C(c3cc(C)cc(COc4ccc(Br)cc4)c3C)C3=C2CCCC3=O)c1. The van der Waals surface area contributed by atoms with Crippen molar-refractivity contribution in [2.75, 3.05) is 4.90 Å². The molecule has 5 rings (SSSR count). The molecule has 0 spiro atoms. The number of nitrogens with zero attached hydrogens (tertiary/aromatic N) is 2. The quantitative estimate of drug-likeness (QED) is 0.351. The number of nitriles is 1. The molecule has 0 bridgehead atoms. The lowest BCUT2D eigenvalue weighted by molar-refractivity contribution is -0.116. The first-order valence-corrected chi connectivity index (χ1v) is 13.6. The highest BCUT2D eigenvalue weighted by atomic mass is 79.9. The molecule has 38 heavy (non-hydrogen) atoms. The molecule has 0 amide bonds. The predicted octanol–water partition coefficient (Wildman–Crippen LogP) is 7.26. The number of anilines is 1. The van der Waals surface area contributed by atoms with Gasteiger partial charge in [-0.3, -0.25) is 9.69 Å². The number of halogens is 1. The first kappa shape index (κ1) is 25.8. The molecule has 0 saturated heterocycles. The molecule has 0 aromatic heterocycles. The topological polar surface area (TPSA) is 79.3 Å². The van der Waals surface area contributed by atoms with Crippen LogP contribution in [0.5, 0.6) is 5.75 Å². The van der Waals surface area contributed by atoms with Gasteiger partial charge in [0.05, 0.1) is 17.6 Å². The minimum Gasteiger partial charge on any atom is -0.489 e. The van der Waals surface area contributed by atoms with Crippen LogP contribution in [-0.2, 0) is 11.4 Å². The fourth-order valence-electron chi connectivity index (χ4n) is 5.56. The predicted molar refractivity (Wildman–Crippen MR) is 153 cm³/mol. The summed E-state index contributed by atoms with van der Waals surface area (Å²) in [6, 6.07) is 22.3. The Morgan fingerprint density at radius 3 is 2.53 bits per heavy atom. The Kier molecular flexibility index (Phi) is 7.14. The number of aryl methyl sites for hydroxylation is 2. The maximum absolute atomic E-state index is 13.6. The van der Waals surface area contributed by atoms with Gasteiger partial charge in [-0.2, -0.15) is 5.26 Å². The molecule has 0 fully saturated rings. The lowest BCUT2D eigenvalue weighted by atomic mass is 9.73. The third kappa shape index (κ3) is 4.75. The summed E-state index contributed by atoms with van der Waals surface area (Å²) in [4.78, 5) is 15.5. The van der Waals surface area contributed by atoms with Crippen LogP contribution in [-0.4, -0.2) is 5.78 Å². The Hall–Kier alpha value is -3.82. The van der Waals surface area contributed by atoms with Crippen molar-refractivity contribution in [2.24, 2.45) is 5.73 Å². The molecule has 1 aliphatic carbocycles. The molecule has 1 heterocycles. The fraction of sp³-hybridized carbons (Fsp3) is 0.250. The number of hydrogen-bond donors (Lipinski definition) is 1. The first-order chi connectivity index (χ1) is 18.3. The van der Waals surface area contributed by atoms with E-state index in [0.29, 0.717) is 30.0 Å². The molecule has 2 N–H and O–H groups in total. The summed E-state index contributed by atoms with van der Waals surface area (Å²) in [6.45, 7) is 6.48. The maximum atomic E-state index is 13.6. The summed E-state index contributed by atoms with van der Waals surface area (Å²) >= 11 is 3.46. The first-order valence-electron chi connectivity index (χ1n) is 12.8. The molecule has 1 unspecified atom stereocenters. The summed E-state index contributed by atoms with van der Waals surface area (Å²) in [6.07, 6.45) is 1.97. The number of ketones is 1. The molecule has 6 heteroatoms. The molecular formula is C32H30BrN3O2. The lowest BCUT2D eigenvalue weighted by Crippen LogP contribution is -2.39. The van der Waals surface area contributed by atoms with Crippen molar-refractivity contribution in [1.82, 2.24) is 0 Å². The summed E-state index contributed by atoms with van der Waals surface area (Å²) in [7, 11) is 0. The standard InChI is InChI=1S/C32H30BrN3O2/c1-19-6-4-7-24(15-19)36-28-8-5-9-29(37)31(28)30(27(17-34)32(36)35)26-16-20(2)14-22(21(26)3)18-38-25-12-10-23(33)11-13-25/h4,6-7,10-16,30H,5,8-9,18,35H2,1-3H3. The van der Waals surface area contributed by atoms with Crippen LogP contribution in [0.1, 0.15) is 53.0 Å². The minimum absolute atomic E-state index is 0.0859. The molecule has 0 saturated carbocycles. The highest BCUT2D eigenvalue weighted by Gasteiger charge is 2.41. The Balaban J connectivity index is 1.63. The van der Waals surface area contributed by atoms with Gasteiger partial charge in [0, 0.05) is 27.9 Å². The van der Waals surface area contributed by atoms with Gasteiger partial charge >= 0.3 is 0 Å². The van der Waals surface area contributed by atoms with Crippen LogP contribution in [0.3, 0.4) is 0 Å². The number of benzene rings is 3. The number of nitrogens with two attached hydrogens (primary N) is 1. The smallest absolute Gasteiger partial charge is 0.161 e. The Bertz CT molecular complexity index is 1530. The second kappa shape index (κ2) is 10.5. The monoisotopic (exact) mass is 567 g/mol. The van der Waals surface area contributed by atoms with E-state index in [-0.39, 0.29) is 5.78 Å². The van der Waals surface area contributed by atoms with Crippen LogP contribution < -0.4 is 15.4 Å². The van der Waals surface area contributed by atoms with Crippen LogP contribution in [0, 0.1) is 32.1 Å². The van der Waals surface area contributed by atoms with E-state index in [1.165, 1.54) is 0 Å². The van der Waals surface area contributed by atoms with E-state index in [1.807, 2.05) is 74.2 Å². The van der Waals surface area contributed by atoms with E-state index >= 15 is 0 Å². The number of ether oxygens (including phenoxy) is 1. The van der Waals surface area contributed by atoms with Crippen molar-refractivity contribution in [3.63, 3.8) is 0 Å². The summed E-state index contributed by atoms with van der Waals surface area (Å²) in [5, 5.41) is 10.4. The Labute approximate surface area is 232 Å². The van der Waals surface area contributed by atoms with Crippen molar-refractivity contribution in [3.8, 4) is 11.8 Å². The number of hydrogen-bond acceptors (Lipinski definition) is 5. The molecular weight excluding hydrogens is 538 g/mol. The van der Waals surface area contributed by atoms with E-state index in [2.05, 4.69) is 34.1 Å². The number of carbonyl (C=O) groups is 1. The molecule has 0 radical (unpaired) electrons. The highest BCUT2D eigenvalue weighted by molar-refractivity contribution is 9.10. The van der Waals surface area contributed by atoms with Gasteiger partial charge in [0.1, 0.15) is 18.2 Å². The number of rotatable bonds is 5. The van der Waals surface area contributed by atoms with Crippen LogP contribution in [0.15, 0.2) is 87.8 Å². The molecule has 5 nitrogen and oxygen atoms in total. The van der Waals surface area contributed by atoms with Crippen LogP contribution >= 0.6 is 15.9 Å². The molecule has 1 atom stereocenters. The molecule has 2 aliphatic rings. The summed E-state index contributed by atoms with van der Waals surface area (Å²) in [5.41, 5.74) is 14.8. The van der Waals surface area contributed by atoms with Gasteiger partial charge in [-0.1, -0.05) is 45.8 Å². The lowest BCUT2D eigenvalue weighted by Gasteiger charge is -2.40. The van der Waals surface area contributed by atoms with E-state index in [0.717, 1.165) is 62.3 Å². The van der Waals surface area contributed by atoms with Crippen molar-refractivity contribution in [1.29, 1.82) is 5.26 Å². The van der Waals surface area contributed by atoms with Gasteiger partial charge in [0.2, 0.25) is 0 Å². The van der Waals surface area contributed by atoms with Gasteiger partial charge in [-0.15, -0.1) is 0 Å². The van der Waals surface area contributed by atoms with Crippen molar-refractivity contribution >= 4 is 27.4 Å². The van der Waals surface area contributed by atoms with E-state index < -0.39 is 5.92 Å².